The van der Waals surface area contributed by atoms with Crippen LogP contribution in [0.2, 0.25) is 5.02 Å². The van der Waals surface area contributed by atoms with Crippen LogP contribution < -0.4 is 5.32 Å². The second-order valence-corrected chi connectivity index (χ2v) is 7.11. The highest BCUT2D eigenvalue weighted by Gasteiger charge is 2.36. The first-order valence-electron chi connectivity index (χ1n) is 8.74. The van der Waals surface area contributed by atoms with E-state index >= 15 is 0 Å². The minimum Gasteiger partial charge on any atom is -0.376 e. The molecule has 1 aliphatic heterocycles. The van der Waals surface area contributed by atoms with Crippen molar-refractivity contribution in [3.63, 3.8) is 0 Å². The molecule has 1 aromatic heterocycles. The summed E-state index contributed by atoms with van der Waals surface area (Å²) in [6.07, 6.45) is 6.89. The van der Waals surface area contributed by atoms with Crippen molar-refractivity contribution in [3.8, 4) is 0 Å². The Kier molecular flexibility index (Phi) is 4.53. The highest BCUT2D eigenvalue weighted by Crippen LogP contribution is 2.39. The number of fused-ring (bicyclic) bond motifs is 1. The number of nitrogens with one attached hydrogen (secondary N) is 1. The van der Waals surface area contributed by atoms with Crippen LogP contribution in [0.25, 0.3) is 0 Å². The molecule has 2 aromatic rings. The van der Waals surface area contributed by atoms with Gasteiger partial charge in [-0.15, -0.1) is 0 Å². The van der Waals surface area contributed by atoms with E-state index in [-0.39, 0.29) is 6.04 Å². The van der Waals surface area contributed by atoms with E-state index in [9.17, 15) is 0 Å². The third-order valence-electron chi connectivity index (χ3n) is 5.20. The van der Waals surface area contributed by atoms with Gasteiger partial charge < -0.3 is 5.32 Å². The van der Waals surface area contributed by atoms with E-state index in [1.807, 2.05) is 37.5 Å². The number of nitrogens with zero attached hydrogens (tertiary/aromatic N) is 3. The molecule has 25 heavy (non-hydrogen) atoms. The maximum atomic E-state index is 6.03. The number of hydrogen-bond donors (Lipinski definition) is 1. The highest BCUT2D eigenvalue weighted by atomic mass is 35.5. The van der Waals surface area contributed by atoms with Crippen molar-refractivity contribution in [1.29, 1.82) is 0 Å². The molecule has 4 rings (SSSR count). The molecule has 1 N–H and O–H groups in total. The largest absolute Gasteiger partial charge is 0.376 e. The van der Waals surface area contributed by atoms with Gasteiger partial charge in [0.05, 0.1) is 6.04 Å². The van der Waals surface area contributed by atoms with Crippen molar-refractivity contribution < 1.29 is 0 Å². The summed E-state index contributed by atoms with van der Waals surface area (Å²) in [6, 6.07) is 12.5. The lowest BCUT2D eigenvalue weighted by Gasteiger charge is -2.37. The summed E-state index contributed by atoms with van der Waals surface area (Å²) in [7, 11) is 1.95. The molecule has 0 spiro atoms. The number of amidine groups is 2. The van der Waals surface area contributed by atoms with Crippen molar-refractivity contribution in [2.75, 3.05) is 7.05 Å². The van der Waals surface area contributed by atoms with Gasteiger partial charge in [-0.2, -0.15) is 0 Å². The Bertz CT molecular complexity index is 798. The number of pyridine rings is 1. The lowest BCUT2D eigenvalue weighted by Crippen LogP contribution is -2.42. The van der Waals surface area contributed by atoms with Crippen LogP contribution in [-0.4, -0.2) is 29.7 Å². The zero-order chi connectivity index (χ0) is 17.2. The van der Waals surface area contributed by atoms with Crippen molar-refractivity contribution in [2.45, 2.75) is 31.2 Å². The molecule has 0 bridgehead atoms. The normalized spacial score (nSPS) is 25.6. The van der Waals surface area contributed by atoms with Gasteiger partial charge in [0.25, 0.3) is 0 Å². The van der Waals surface area contributed by atoms with Gasteiger partial charge in [-0.25, -0.2) is 4.99 Å². The summed E-state index contributed by atoms with van der Waals surface area (Å²) >= 11 is 6.03. The molecule has 128 valence electrons. The molecule has 1 saturated carbocycles. The Balaban J connectivity index is 1.62. The smallest absolute Gasteiger partial charge is 0.158 e. The SMILES string of the molecule is CNC1=NC(c2cccnc2)=NC2CC(c3ccc(Cl)cc3)CC[C@@H]12. The minimum absolute atomic E-state index is 0.254. The number of hydrogen-bond acceptors (Lipinski definition) is 4. The van der Waals surface area contributed by atoms with E-state index in [4.69, 9.17) is 21.6 Å². The molecule has 1 aliphatic carbocycles. The Morgan fingerprint density at radius 3 is 2.68 bits per heavy atom. The molecular weight excluding hydrogens is 332 g/mol. The minimum atomic E-state index is 0.254. The second kappa shape index (κ2) is 6.96. The summed E-state index contributed by atoms with van der Waals surface area (Å²) in [6.45, 7) is 0. The van der Waals surface area contributed by atoms with Crippen LogP contribution in [0.15, 0.2) is 58.8 Å². The summed E-state index contributed by atoms with van der Waals surface area (Å²) in [5.74, 6) is 2.74. The zero-order valence-corrected chi connectivity index (χ0v) is 14.9. The molecule has 3 atom stereocenters. The Labute approximate surface area is 153 Å². The van der Waals surface area contributed by atoms with Gasteiger partial charge in [0.2, 0.25) is 0 Å². The van der Waals surface area contributed by atoms with Crippen molar-refractivity contribution >= 4 is 23.3 Å². The molecule has 0 saturated heterocycles. The molecule has 4 nitrogen and oxygen atoms in total. The number of halogens is 1. The third-order valence-corrected chi connectivity index (χ3v) is 5.45. The fourth-order valence-corrected chi connectivity index (χ4v) is 4.03. The van der Waals surface area contributed by atoms with Crippen LogP contribution in [0, 0.1) is 5.92 Å². The van der Waals surface area contributed by atoms with Crippen molar-refractivity contribution in [1.82, 2.24) is 10.3 Å². The average Bonchev–Trinajstić information content (AvgIpc) is 2.68. The fourth-order valence-electron chi connectivity index (χ4n) is 3.90. The molecule has 1 fully saturated rings. The van der Waals surface area contributed by atoms with Crippen LogP contribution in [0.4, 0.5) is 0 Å². The number of aliphatic imine (C=N–C) groups is 2. The van der Waals surface area contributed by atoms with E-state index in [0.29, 0.717) is 11.8 Å². The van der Waals surface area contributed by atoms with Gasteiger partial charge in [0.1, 0.15) is 5.84 Å². The maximum absolute atomic E-state index is 6.03. The van der Waals surface area contributed by atoms with Crippen LogP contribution in [0.1, 0.15) is 36.3 Å². The summed E-state index contributed by atoms with van der Waals surface area (Å²) in [5, 5.41) is 4.08. The molecule has 2 unspecified atom stereocenters. The monoisotopic (exact) mass is 352 g/mol. The van der Waals surface area contributed by atoms with E-state index in [0.717, 1.165) is 41.5 Å². The summed E-state index contributed by atoms with van der Waals surface area (Å²) < 4.78 is 0. The zero-order valence-electron chi connectivity index (χ0n) is 14.2. The molecule has 2 heterocycles. The van der Waals surface area contributed by atoms with Gasteiger partial charge in [-0.1, -0.05) is 23.7 Å². The third kappa shape index (κ3) is 3.31. The molecule has 1 aromatic carbocycles. The van der Waals surface area contributed by atoms with Crippen LogP contribution in [0.3, 0.4) is 0 Å². The number of benzene rings is 1. The Hall–Kier alpha value is -2.20. The summed E-state index contributed by atoms with van der Waals surface area (Å²) in [5.41, 5.74) is 2.33. The van der Waals surface area contributed by atoms with Gasteiger partial charge in [-0.05, 0) is 55.0 Å². The lowest BCUT2D eigenvalue weighted by atomic mass is 9.74. The van der Waals surface area contributed by atoms with E-state index in [1.54, 1.807) is 6.20 Å². The van der Waals surface area contributed by atoms with Crippen LogP contribution in [0.5, 0.6) is 0 Å². The Morgan fingerprint density at radius 1 is 1.12 bits per heavy atom. The summed E-state index contributed by atoms with van der Waals surface area (Å²) in [4.78, 5) is 14.0. The molecule has 0 amide bonds. The molecular formula is C20H21ClN4. The predicted molar refractivity (Wildman–Crippen MR) is 103 cm³/mol. The topological polar surface area (TPSA) is 49.6 Å². The van der Waals surface area contributed by atoms with Crippen molar-refractivity contribution in [3.05, 3.63) is 64.9 Å². The first-order valence-corrected chi connectivity index (χ1v) is 9.12. The second-order valence-electron chi connectivity index (χ2n) is 6.68. The molecule has 2 aliphatic rings. The fraction of sp³-hybridized carbons (Fsp3) is 0.350. The van der Waals surface area contributed by atoms with Crippen molar-refractivity contribution in [2.24, 2.45) is 15.9 Å². The van der Waals surface area contributed by atoms with Gasteiger partial charge in [0.15, 0.2) is 5.84 Å². The lowest BCUT2D eigenvalue weighted by molar-refractivity contribution is 0.337. The van der Waals surface area contributed by atoms with Crippen LogP contribution >= 0.6 is 11.6 Å². The molecule has 0 radical (unpaired) electrons. The van der Waals surface area contributed by atoms with E-state index in [2.05, 4.69) is 22.4 Å². The molecule has 5 heteroatoms. The van der Waals surface area contributed by atoms with Gasteiger partial charge in [0, 0.05) is 35.9 Å². The first kappa shape index (κ1) is 16.3. The average molecular weight is 353 g/mol. The highest BCUT2D eigenvalue weighted by molar-refractivity contribution is 6.30. The maximum Gasteiger partial charge on any atom is 0.158 e. The first-order chi connectivity index (χ1) is 12.2. The van der Waals surface area contributed by atoms with E-state index < -0.39 is 0 Å². The standard InChI is InChI=1S/C20H21ClN4/c1-22-20-17-9-6-14(13-4-7-16(21)8-5-13)11-18(17)24-19(25-20)15-3-2-10-23-12-15/h2-5,7-8,10,12,14,17-18H,6,9,11H2,1H3,(H,22,24,25)/t14?,17-,18?/m1/s1. The number of rotatable bonds is 2. The number of aromatic nitrogens is 1. The predicted octanol–water partition coefficient (Wildman–Crippen LogP) is 4.07. The van der Waals surface area contributed by atoms with Crippen LogP contribution in [-0.2, 0) is 0 Å². The van der Waals surface area contributed by atoms with E-state index in [1.165, 1.54) is 5.56 Å². The van der Waals surface area contributed by atoms with Gasteiger partial charge >= 0.3 is 0 Å². The quantitative estimate of drug-likeness (QED) is 0.885. The van der Waals surface area contributed by atoms with Gasteiger partial charge in [-0.3, -0.25) is 9.98 Å². The Morgan fingerprint density at radius 2 is 1.96 bits per heavy atom.